The number of aliphatic hydroxyl groups is 1. The number of esters is 4. The van der Waals surface area contributed by atoms with Gasteiger partial charge in [-0.1, -0.05) is 357 Å². The number of carbonyl (C=O) groups is 4. The molecular weight excluding hydrogens is 1290 g/mol. The van der Waals surface area contributed by atoms with Crippen LogP contribution in [0.4, 0.5) is 0 Å². The van der Waals surface area contributed by atoms with Crippen LogP contribution in [0, 0.1) is 23.7 Å². The van der Waals surface area contributed by atoms with Gasteiger partial charge < -0.3 is 33.8 Å². The smallest absolute Gasteiger partial charge is 0.462 e. The SMILES string of the molecule is CCC(C)CCCCCCCCCCCCCCCCCCCCC(=O)OC[C@H](COP(=O)(O)OCC(O)COP(=O)(O)OC[C@@H](COC(=O)CCCCCCCCC(C)C)OC(=O)CCCCCCCCCCCCCCCCCC(C)C)OC(=O)CCCCCCCCC(C)CC. The van der Waals surface area contributed by atoms with Gasteiger partial charge in [-0.05, 0) is 49.4 Å². The number of hydrogen-bond acceptors (Lipinski definition) is 15. The number of ether oxygens (including phenoxy) is 4. The van der Waals surface area contributed by atoms with Crippen molar-refractivity contribution >= 4 is 39.5 Å². The van der Waals surface area contributed by atoms with Gasteiger partial charge in [-0.2, -0.15) is 0 Å². The predicted octanol–water partition coefficient (Wildman–Crippen LogP) is 23.6. The molecule has 0 saturated carbocycles. The van der Waals surface area contributed by atoms with Gasteiger partial charge in [0.15, 0.2) is 12.2 Å². The topological polar surface area (TPSA) is 237 Å². The molecule has 7 atom stereocenters. The van der Waals surface area contributed by atoms with Crippen molar-refractivity contribution in [2.24, 2.45) is 23.7 Å². The van der Waals surface area contributed by atoms with Crippen LogP contribution in [0.2, 0.25) is 0 Å². The molecule has 0 amide bonds. The Hall–Kier alpha value is -1.94. The Morgan fingerprint density at radius 2 is 0.485 bits per heavy atom. The molecule has 588 valence electrons. The maximum absolute atomic E-state index is 13.1. The van der Waals surface area contributed by atoms with Crippen molar-refractivity contribution in [2.45, 2.75) is 427 Å². The lowest BCUT2D eigenvalue weighted by Gasteiger charge is -2.21. The Morgan fingerprint density at radius 3 is 0.717 bits per heavy atom. The number of unbranched alkanes of at least 4 members (excludes halogenated alkanes) is 41. The normalized spacial score (nSPS) is 14.6. The lowest BCUT2D eigenvalue weighted by molar-refractivity contribution is -0.161. The predicted molar refractivity (Wildman–Crippen MR) is 404 cm³/mol. The van der Waals surface area contributed by atoms with E-state index in [2.05, 4.69) is 55.4 Å². The van der Waals surface area contributed by atoms with Gasteiger partial charge in [0.25, 0.3) is 0 Å². The van der Waals surface area contributed by atoms with Crippen molar-refractivity contribution in [3.63, 3.8) is 0 Å². The van der Waals surface area contributed by atoms with Crippen LogP contribution < -0.4 is 0 Å². The fourth-order valence-electron chi connectivity index (χ4n) is 12.2. The van der Waals surface area contributed by atoms with Gasteiger partial charge in [-0.15, -0.1) is 0 Å². The molecule has 19 heteroatoms. The van der Waals surface area contributed by atoms with E-state index >= 15 is 0 Å². The average molecular weight is 1450 g/mol. The Morgan fingerprint density at radius 1 is 0.283 bits per heavy atom. The van der Waals surface area contributed by atoms with Gasteiger partial charge in [0.05, 0.1) is 26.4 Å². The number of rotatable bonds is 77. The van der Waals surface area contributed by atoms with Crippen LogP contribution in [0.3, 0.4) is 0 Å². The van der Waals surface area contributed by atoms with Crippen molar-refractivity contribution in [3.05, 3.63) is 0 Å². The zero-order valence-electron chi connectivity index (χ0n) is 65.1. The van der Waals surface area contributed by atoms with Crippen LogP contribution in [0.15, 0.2) is 0 Å². The van der Waals surface area contributed by atoms with Gasteiger partial charge in [-0.3, -0.25) is 37.3 Å². The summed E-state index contributed by atoms with van der Waals surface area (Å²) in [5.74, 6) is 0.954. The monoisotopic (exact) mass is 1450 g/mol. The van der Waals surface area contributed by atoms with Crippen LogP contribution in [0.25, 0.3) is 0 Å². The molecule has 0 aliphatic carbocycles. The van der Waals surface area contributed by atoms with Gasteiger partial charge in [0.1, 0.15) is 19.3 Å². The van der Waals surface area contributed by atoms with Crippen molar-refractivity contribution in [2.75, 3.05) is 39.6 Å². The molecular formula is C80H156O17P2. The van der Waals surface area contributed by atoms with Crippen molar-refractivity contribution in [3.8, 4) is 0 Å². The van der Waals surface area contributed by atoms with Gasteiger partial charge in [0.2, 0.25) is 0 Å². The molecule has 99 heavy (non-hydrogen) atoms. The van der Waals surface area contributed by atoms with Gasteiger partial charge >= 0.3 is 39.5 Å². The van der Waals surface area contributed by atoms with E-state index < -0.39 is 97.5 Å². The molecule has 0 aromatic carbocycles. The third-order valence-corrected chi connectivity index (χ3v) is 21.2. The highest BCUT2D eigenvalue weighted by molar-refractivity contribution is 7.47. The van der Waals surface area contributed by atoms with Crippen molar-refractivity contribution in [1.82, 2.24) is 0 Å². The van der Waals surface area contributed by atoms with Crippen LogP contribution in [-0.4, -0.2) is 96.7 Å². The highest BCUT2D eigenvalue weighted by Crippen LogP contribution is 2.45. The maximum Gasteiger partial charge on any atom is 0.472 e. The second-order valence-electron chi connectivity index (χ2n) is 30.2. The summed E-state index contributed by atoms with van der Waals surface area (Å²) in [4.78, 5) is 72.8. The summed E-state index contributed by atoms with van der Waals surface area (Å²) in [6.45, 7) is 14.2. The largest absolute Gasteiger partial charge is 0.472 e. The first kappa shape index (κ1) is 97.1. The highest BCUT2D eigenvalue weighted by Gasteiger charge is 2.30. The third-order valence-electron chi connectivity index (χ3n) is 19.3. The molecule has 0 aliphatic heterocycles. The van der Waals surface area contributed by atoms with E-state index in [0.717, 1.165) is 114 Å². The van der Waals surface area contributed by atoms with E-state index in [4.69, 9.17) is 37.0 Å². The Kier molecular flexibility index (Phi) is 67.8. The fraction of sp³-hybridized carbons (Fsp3) is 0.950. The summed E-state index contributed by atoms with van der Waals surface area (Å²) in [7, 11) is -9.92. The van der Waals surface area contributed by atoms with Crippen LogP contribution >= 0.6 is 15.6 Å². The minimum atomic E-state index is -4.96. The maximum atomic E-state index is 13.1. The molecule has 3 N–H and O–H groups in total. The summed E-state index contributed by atoms with van der Waals surface area (Å²) in [5.41, 5.74) is 0. The zero-order chi connectivity index (χ0) is 73.1. The first-order chi connectivity index (χ1) is 47.7. The number of hydrogen-bond donors (Lipinski definition) is 3. The van der Waals surface area contributed by atoms with Gasteiger partial charge in [-0.25, -0.2) is 9.13 Å². The third kappa shape index (κ3) is 71.5. The van der Waals surface area contributed by atoms with E-state index in [1.54, 1.807) is 0 Å². The standard InChI is InChI=1S/C80H156O17P2/c1-9-72(7)58-50-42-33-29-25-21-17-13-11-12-14-18-22-26-30-34-44-52-60-77(82)90-66-76(97-80(85)63-55-47-39-37-43-51-59-73(8)10-2)69-95-99(88,89)93-65-74(81)64-92-98(86,87)94-68-75(67-91-78(83)61-53-45-38-36-41-49-57-71(5)6)96-79(84)62-54-46-35-31-27-23-19-15-16-20-24-28-32-40-48-56-70(3)4/h70-76,81H,9-69H2,1-8H3,(H,86,87)(H,88,89)/t72?,73?,74?,75-,76-/m1/s1. The molecule has 0 rings (SSSR count). The molecule has 0 radical (unpaired) electrons. The minimum absolute atomic E-state index is 0.103. The molecule has 5 unspecified atom stereocenters. The average Bonchev–Trinajstić information content (AvgIpc) is 0.989. The fourth-order valence-corrected chi connectivity index (χ4v) is 13.8. The van der Waals surface area contributed by atoms with E-state index in [1.165, 1.54) is 205 Å². The first-order valence-corrected chi connectivity index (χ1v) is 44.3. The van der Waals surface area contributed by atoms with Crippen molar-refractivity contribution in [1.29, 1.82) is 0 Å². The highest BCUT2D eigenvalue weighted by atomic mass is 31.2. The number of carbonyl (C=O) groups excluding carboxylic acids is 4. The summed E-state index contributed by atoms with van der Waals surface area (Å²) in [6, 6.07) is 0. The molecule has 0 aliphatic rings. The lowest BCUT2D eigenvalue weighted by Crippen LogP contribution is -2.30. The number of phosphoric ester groups is 2. The van der Waals surface area contributed by atoms with E-state index in [9.17, 15) is 43.2 Å². The Balaban J connectivity index is 5.11. The van der Waals surface area contributed by atoms with E-state index in [0.29, 0.717) is 31.6 Å². The first-order valence-electron chi connectivity index (χ1n) is 41.3. The van der Waals surface area contributed by atoms with Gasteiger partial charge in [0, 0.05) is 25.7 Å². The van der Waals surface area contributed by atoms with E-state index in [-0.39, 0.29) is 25.7 Å². The summed E-state index contributed by atoms with van der Waals surface area (Å²) in [6.07, 6.45) is 55.9. The molecule has 0 aromatic rings. The molecule has 0 spiro atoms. The summed E-state index contributed by atoms with van der Waals surface area (Å²) >= 11 is 0. The second-order valence-corrected chi connectivity index (χ2v) is 33.1. The Bertz CT molecular complexity index is 1940. The van der Waals surface area contributed by atoms with Crippen molar-refractivity contribution < 1.29 is 80.2 Å². The lowest BCUT2D eigenvalue weighted by atomic mass is 9.99. The molecule has 0 heterocycles. The summed E-state index contributed by atoms with van der Waals surface area (Å²) < 4.78 is 68.6. The molecule has 0 fully saturated rings. The Labute approximate surface area is 607 Å². The molecule has 0 saturated heterocycles. The molecule has 0 aromatic heterocycles. The van der Waals surface area contributed by atoms with Crippen LogP contribution in [0.1, 0.15) is 409 Å². The van der Waals surface area contributed by atoms with Crippen LogP contribution in [0.5, 0.6) is 0 Å². The van der Waals surface area contributed by atoms with E-state index in [1.807, 2.05) is 0 Å². The zero-order valence-corrected chi connectivity index (χ0v) is 66.9. The number of aliphatic hydroxyl groups excluding tert-OH is 1. The summed E-state index contributed by atoms with van der Waals surface area (Å²) in [5, 5.41) is 10.6. The second kappa shape index (κ2) is 69.1. The molecule has 0 bridgehead atoms. The quantitative estimate of drug-likeness (QED) is 0.0222. The number of phosphoric acid groups is 2. The minimum Gasteiger partial charge on any atom is -0.462 e. The molecule has 17 nitrogen and oxygen atoms in total. The van der Waals surface area contributed by atoms with Crippen LogP contribution in [-0.2, 0) is 65.4 Å².